The first-order valence-corrected chi connectivity index (χ1v) is 11.2. The van der Waals surface area contributed by atoms with Gasteiger partial charge in [-0.25, -0.2) is 9.79 Å². The van der Waals surface area contributed by atoms with Crippen LogP contribution in [0, 0.1) is 0 Å². The van der Waals surface area contributed by atoms with Gasteiger partial charge in [0.05, 0.1) is 17.3 Å². The Morgan fingerprint density at radius 3 is 2.53 bits per heavy atom. The lowest BCUT2D eigenvalue weighted by atomic mass is 9.94. The summed E-state index contributed by atoms with van der Waals surface area (Å²) in [6, 6.07) is 15.5. The van der Waals surface area contributed by atoms with Crippen molar-refractivity contribution in [2.24, 2.45) is 4.99 Å². The van der Waals surface area contributed by atoms with Gasteiger partial charge in [-0.05, 0) is 30.2 Å². The maximum Gasteiger partial charge on any atom is 0.338 e. The smallest absolute Gasteiger partial charge is 0.338 e. The average Bonchev–Trinajstić information content (AvgIpc) is 2.77. The third-order valence-corrected chi connectivity index (χ3v) is 6.05. The van der Waals surface area contributed by atoms with Gasteiger partial charge in [0.15, 0.2) is 5.17 Å². The van der Waals surface area contributed by atoms with Gasteiger partial charge in [-0.1, -0.05) is 54.2 Å². The third-order valence-electron chi connectivity index (χ3n) is 5.10. The molecule has 0 spiro atoms. The second-order valence-corrected chi connectivity index (χ2v) is 8.44. The van der Waals surface area contributed by atoms with Gasteiger partial charge in [0, 0.05) is 19.1 Å². The zero-order chi connectivity index (χ0) is 22.7. The van der Waals surface area contributed by atoms with Gasteiger partial charge < -0.3 is 9.47 Å². The lowest BCUT2D eigenvalue weighted by Gasteiger charge is -2.38. The first-order chi connectivity index (χ1) is 15.4. The van der Waals surface area contributed by atoms with Crippen LogP contribution in [0.3, 0.4) is 0 Å². The first kappa shape index (κ1) is 21.8. The van der Waals surface area contributed by atoms with Gasteiger partial charge in [-0.2, -0.15) is 0 Å². The number of esters is 2. The predicted molar refractivity (Wildman–Crippen MR) is 121 cm³/mol. The highest BCUT2D eigenvalue weighted by molar-refractivity contribution is 8.14. The molecule has 4 rings (SSSR count). The summed E-state index contributed by atoms with van der Waals surface area (Å²) in [6.45, 7) is 3.20. The van der Waals surface area contributed by atoms with E-state index in [2.05, 4.69) is 4.99 Å². The lowest BCUT2D eigenvalue weighted by molar-refractivity contribution is -0.141. The van der Waals surface area contributed by atoms with Crippen LogP contribution in [0.2, 0.25) is 0 Å². The maximum atomic E-state index is 13.2. The molecule has 0 saturated carbocycles. The highest BCUT2D eigenvalue weighted by Gasteiger charge is 2.41. The molecule has 0 radical (unpaired) electrons. The van der Waals surface area contributed by atoms with E-state index in [0.717, 1.165) is 5.56 Å². The van der Waals surface area contributed by atoms with Crippen molar-refractivity contribution < 1.29 is 23.9 Å². The summed E-state index contributed by atoms with van der Waals surface area (Å²) in [5, 5.41) is 0.576. The van der Waals surface area contributed by atoms with Crippen molar-refractivity contribution in [2.75, 3.05) is 5.75 Å². The average molecular weight is 451 g/mol. The second-order valence-electron chi connectivity index (χ2n) is 7.38. The molecule has 1 atom stereocenters. The van der Waals surface area contributed by atoms with E-state index in [-0.39, 0.29) is 12.5 Å². The fraction of sp³-hybridized carbons (Fsp3) is 0.250. The Bertz CT molecular complexity index is 1110. The molecule has 0 aliphatic carbocycles. The molecule has 0 N–H and O–H groups in total. The van der Waals surface area contributed by atoms with Crippen LogP contribution >= 0.6 is 11.8 Å². The Morgan fingerprint density at radius 2 is 1.84 bits per heavy atom. The molecule has 1 amide bonds. The minimum Gasteiger partial charge on any atom is -0.457 e. The Labute approximate surface area is 190 Å². The molecular weight excluding hydrogens is 428 g/mol. The van der Waals surface area contributed by atoms with E-state index in [1.165, 1.54) is 18.7 Å². The molecule has 2 aromatic carbocycles. The summed E-state index contributed by atoms with van der Waals surface area (Å²) in [4.78, 5) is 43.4. The minimum atomic E-state index is -0.669. The molecule has 164 valence electrons. The molecule has 8 heteroatoms. The van der Waals surface area contributed by atoms with Crippen molar-refractivity contribution in [3.8, 4) is 5.75 Å². The van der Waals surface area contributed by atoms with Crippen molar-refractivity contribution in [3.05, 3.63) is 77.0 Å². The number of amidine groups is 1. The number of hydrogen-bond donors (Lipinski definition) is 0. The van der Waals surface area contributed by atoms with Crippen LogP contribution in [0.4, 0.5) is 0 Å². The third kappa shape index (κ3) is 4.60. The number of carbonyl (C=O) groups excluding carboxylic acids is 3. The summed E-state index contributed by atoms with van der Waals surface area (Å²) in [7, 11) is 0. The van der Waals surface area contributed by atoms with E-state index in [4.69, 9.17) is 9.47 Å². The zero-order valence-electron chi connectivity index (χ0n) is 17.7. The van der Waals surface area contributed by atoms with Gasteiger partial charge in [0.1, 0.15) is 12.4 Å². The van der Waals surface area contributed by atoms with E-state index >= 15 is 0 Å². The summed E-state index contributed by atoms with van der Waals surface area (Å²) < 4.78 is 10.7. The maximum absolute atomic E-state index is 13.2. The van der Waals surface area contributed by atoms with Gasteiger partial charge in [0.2, 0.25) is 5.91 Å². The fourth-order valence-electron chi connectivity index (χ4n) is 3.66. The van der Waals surface area contributed by atoms with E-state index in [0.29, 0.717) is 39.9 Å². The molecule has 2 heterocycles. The SMILES string of the molecule is CC(=O)Oc1ccc([C@@H]2C(C(=O)OCc3ccccc3)=C(C)N=C3SCCC(=O)N32)cc1. The number of allylic oxidation sites excluding steroid dienone is 1. The van der Waals surface area contributed by atoms with Crippen LogP contribution < -0.4 is 4.74 Å². The number of nitrogens with zero attached hydrogens (tertiary/aromatic N) is 2. The number of amides is 1. The molecule has 1 saturated heterocycles. The van der Waals surface area contributed by atoms with Gasteiger partial charge in [-0.3, -0.25) is 14.5 Å². The molecule has 0 bridgehead atoms. The van der Waals surface area contributed by atoms with Crippen molar-refractivity contribution in [2.45, 2.75) is 32.9 Å². The van der Waals surface area contributed by atoms with Crippen molar-refractivity contribution in [3.63, 3.8) is 0 Å². The summed E-state index contributed by atoms with van der Waals surface area (Å²) in [6.07, 6.45) is 0.358. The molecule has 0 unspecified atom stereocenters. The molecule has 2 aliphatic heterocycles. The monoisotopic (exact) mass is 450 g/mol. The standard InChI is InChI=1S/C24H22N2O5S/c1-15-21(23(29)30-14-17-6-4-3-5-7-17)22(26-20(28)12-13-32-24(26)25-15)18-8-10-19(11-9-18)31-16(2)27/h3-11,22H,12-14H2,1-2H3/t22-/m1/s1. The first-order valence-electron chi connectivity index (χ1n) is 10.2. The summed E-state index contributed by atoms with van der Waals surface area (Å²) in [5.41, 5.74) is 2.41. The molecule has 7 nitrogen and oxygen atoms in total. The van der Waals surface area contributed by atoms with Crippen LogP contribution in [-0.4, -0.2) is 33.7 Å². The number of aliphatic imine (C=N–C) groups is 1. The molecule has 2 aromatic rings. The van der Waals surface area contributed by atoms with Gasteiger partial charge in [0.25, 0.3) is 0 Å². The van der Waals surface area contributed by atoms with E-state index in [1.54, 1.807) is 36.1 Å². The zero-order valence-corrected chi connectivity index (χ0v) is 18.6. The molecule has 32 heavy (non-hydrogen) atoms. The number of fused-ring (bicyclic) bond motifs is 1. The molecule has 1 fully saturated rings. The van der Waals surface area contributed by atoms with Crippen molar-refractivity contribution in [1.82, 2.24) is 4.90 Å². The molecular formula is C24H22N2O5S. The fourth-order valence-corrected chi connectivity index (χ4v) is 4.66. The van der Waals surface area contributed by atoms with Crippen LogP contribution in [0.15, 0.2) is 70.9 Å². The lowest BCUT2D eigenvalue weighted by Crippen LogP contribution is -2.45. The van der Waals surface area contributed by atoms with Crippen LogP contribution in [-0.2, 0) is 25.7 Å². The van der Waals surface area contributed by atoms with Crippen LogP contribution in [0.1, 0.15) is 37.4 Å². The number of rotatable bonds is 5. The van der Waals surface area contributed by atoms with Crippen LogP contribution in [0.5, 0.6) is 5.75 Å². The van der Waals surface area contributed by atoms with Crippen LogP contribution in [0.25, 0.3) is 0 Å². The quantitative estimate of drug-likeness (QED) is 0.506. The summed E-state index contributed by atoms with van der Waals surface area (Å²) >= 11 is 1.49. The Balaban J connectivity index is 1.69. The van der Waals surface area contributed by atoms with Gasteiger partial charge >= 0.3 is 11.9 Å². The number of ether oxygens (including phenoxy) is 2. The number of carbonyl (C=O) groups is 3. The minimum absolute atomic E-state index is 0.0996. The highest BCUT2D eigenvalue weighted by Crippen LogP contribution is 2.40. The Kier molecular flexibility index (Phi) is 6.41. The Hall–Kier alpha value is -3.39. The van der Waals surface area contributed by atoms with Crippen molar-refractivity contribution >= 4 is 34.8 Å². The predicted octanol–water partition coefficient (Wildman–Crippen LogP) is 4.01. The molecule has 2 aliphatic rings. The van der Waals surface area contributed by atoms with E-state index < -0.39 is 18.0 Å². The summed E-state index contributed by atoms with van der Waals surface area (Å²) in [5.74, 6) is -0.00977. The number of thioether (sulfide) groups is 1. The van der Waals surface area contributed by atoms with Gasteiger partial charge in [-0.15, -0.1) is 0 Å². The Morgan fingerprint density at radius 1 is 1.12 bits per heavy atom. The van der Waals surface area contributed by atoms with E-state index in [9.17, 15) is 14.4 Å². The number of benzene rings is 2. The normalized spacial score (nSPS) is 18.1. The second kappa shape index (κ2) is 9.40. The highest BCUT2D eigenvalue weighted by atomic mass is 32.2. The molecule has 0 aromatic heterocycles. The number of hydrogen-bond acceptors (Lipinski definition) is 7. The topological polar surface area (TPSA) is 85.3 Å². The van der Waals surface area contributed by atoms with Crippen molar-refractivity contribution in [1.29, 1.82) is 0 Å². The largest absolute Gasteiger partial charge is 0.457 e. The van der Waals surface area contributed by atoms with E-state index in [1.807, 2.05) is 30.3 Å².